The van der Waals surface area contributed by atoms with E-state index in [0.29, 0.717) is 34.3 Å². The molecular weight excluding hydrogens is 428 g/mol. The molecule has 5 rings (SSSR count). The average Bonchev–Trinajstić information content (AvgIpc) is 3.37. The Labute approximate surface area is 196 Å². The first-order chi connectivity index (χ1) is 16.7. The summed E-state index contributed by atoms with van der Waals surface area (Å²) in [5, 5.41) is 4.84. The predicted molar refractivity (Wildman–Crippen MR) is 131 cm³/mol. The number of nitrogens with one attached hydrogen (secondary N) is 1. The van der Waals surface area contributed by atoms with Gasteiger partial charge in [-0.2, -0.15) is 0 Å². The van der Waals surface area contributed by atoms with Crippen molar-refractivity contribution >= 4 is 22.4 Å². The second-order valence-corrected chi connectivity index (χ2v) is 7.65. The number of para-hydroxylation sites is 2. The number of benzene rings is 4. The Morgan fingerprint density at radius 2 is 1.59 bits per heavy atom. The van der Waals surface area contributed by atoms with Crippen LogP contribution in [0.4, 0.5) is 5.69 Å². The van der Waals surface area contributed by atoms with Crippen molar-refractivity contribution in [1.82, 2.24) is 4.98 Å². The van der Waals surface area contributed by atoms with Gasteiger partial charge in [-0.1, -0.05) is 54.6 Å². The summed E-state index contributed by atoms with van der Waals surface area (Å²) < 4.78 is 17.1. The lowest BCUT2D eigenvalue weighted by Crippen LogP contribution is -2.14. The summed E-state index contributed by atoms with van der Waals surface area (Å²) in [6.07, 6.45) is 1.57. The second kappa shape index (κ2) is 9.50. The molecule has 0 saturated heterocycles. The van der Waals surface area contributed by atoms with Crippen LogP contribution in [0.3, 0.4) is 0 Å². The molecule has 1 amide bonds. The summed E-state index contributed by atoms with van der Waals surface area (Å²) in [7, 11) is 1.57. The smallest absolute Gasteiger partial charge is 0.259 e. The van der Waals surface area contributed by atoms with Crippen LogP contribution < -0.4 is 14.8 Å². The van der Waals surface area contributed by atoms with Gasteiger partial charge in [-0.25, -0.2) is 4.98 Å². The first-order valence-corrected chi connectivity index (χ1v) is 10.8. The van der Waals surface area contributed by atoms with E-state index in [2.05, 4.69) is 10.3 Å². The SMILES string of the molecule is COc1ccccc1NC(=O)c1cc2ccccc2cc1OCc1coc(-c2ccccc2)n1. The molecule has 1 aromatic heterocycles. The number of rotatable bonds is 7. The fourth-order valence-electron chi connectivity index (χ4n) is 3.69. The van der Waals surface area contributed by atoms with Gasteiger partial charge in [0.05, 0.1) is 18.4 Å². The van der Waals surface area contributed by atoms with Crippen LogP contribution in [0.5, 0.6) is 11.5 Å². The van der Waals surface area contributed by atoms with Gasteiger partial charge in [0.15, 0.2) is 0 Å². The number of carbonyl (C=O) groups is 1. The van der Waals surface area contributed by atoms with Gasteiger partial charge in [-0.05, 0) is 47.2 Å². The van der Waals surface area contributed by atoms with Crippen LogP contribution in [-0.4, -0.2) is 18.0 Å². The number of anilines is 1. The van der Waals surface area contributed by atoms with Crippen molar-refractivity contribution in [2.45, 2.75) is 6.61 Å². The normalized spacial score (nSPS) is 10.7. The number of oxazole rings is 1. The van der Waals surface area contributed by atoms with Crippen LogP contribution in [0.15, 0.2) is 102 Å². The van der Waals surface area contributed by atoms with E-state index >= 15 is 0 Å². The van der Waals surface area contributed by atoms with E-state index < -0.39 is 0 Å². The Morgan fingerprint density at radius 3 is 2.38 bits per heavy atom. The highest BCUT2D eigenvalue weighted by Gasteiger charge is 2.17. The summed E-state index contributed by atoms with van der Waals surface area (Å²) in [6.45, 7) is 0.156. The predicted octanol–water partition coefficient (Wildman–Crippen LogP) is 6.33. The third-order valence-corrected chi connectivity index (χ3v) is 5.40. The van der Waals surface area contributed by atoms with E-state index in [1.54, 1.807) is 25.5 Å². The zero-order valence-corrected chi connectivity index (χ0v) is 18.5. The number of amides is 1. The van der Waals surface area contributed by atoms with Crippen LogP contribution in [-0.2, 0) is 6.61 Å². The lowest BCUT2D eigenvalue weighted by atomic mass is 10.1. The van der Waals surface area contributed by atoms with Gasteiger partial charge in [0, 0.05) is 5.56 Å². The van der Waals surface area contributed by atoms with Crippen molar-refractivity contribution in [2.24, 2.45) is 0 Å². The van der Waals surface area contributed by atoms with Gasteiger partial charge >= 0.3 is 0 Å². The van der Waals surface area contributed by atoms with Crippen molar-refractivity contribution in [3.05, 3.63) is 109 Å². The van der Waals surface area contributed by atoms with Gasteiger partial charge in [-0.3, -0.25) is 4.79 Å². The Kier molecular flexibility index (Phi) is 5.95. The van der Waals surface area contributed by atoms with Crippen molar-refractivity contribution in [3.8, 4) is 23.0 Å². The number of methoxy groups -OCH3 is 1. The molecule has 0 fully saturated rings. The highest BCUT2D eigenvalue weighted by Crippen LogP contribution is 2.30. The number of fused-ring (bicyclic) bond motifs is 1. The van der Waals surface area contributed by atoms with Crippen LogP contribution in [0, 0.1) is 0 Å². The van der Waals surface area contributed by atoms with E-state index in [4.69, 9.17) is 13.9 Å². The molecule has 4 aromatic carbocycles. The Balaban J connectivity index is 1.43. The van der Waals surface area contributed by atoms with Gasteiger partial charge in [0.25, 0.3) is 5.91 Å². The quantitative estimate of drug-likeness (QED) is 0.313. The summed E-state index contributed by atoms with van der Waals surface area (Å²) in [6, 6.07) is 28.4. The maximum atomic E-state index is 13.3. The fraction of sp³-hybridized carbons (Fsp3) is 0.0714. The molecule has 0 radical (unpaired) electrons. The van der Waals surface area contributed by atoms with Crippen LogP contribution in [0.1, 0.15) is 16.1 Å². The summed E-state index contributed by atoms with van der Waals surface area (Å²) in [5.74, 6) is 1.26. The Bertz CT molecular complexity index is 1440. The van der Waals surface area contributed by atoms with Crippen LogP contribution in [0.2, 0.25) is 0 Å². The fourth-order valence-corrected chi connectivity index (χ4v) is 3.69. The minimum Gasteiger partial charge on any atom is -0.495 e. The number of ether oxygens (including phenoxy) is 2. The largest absolute Gasteiger partial charge is 0.495 e. The zero-order chi connectivity index (χ0) is 23.3. The second-order valence-electron chi connectivity index (χ2n) is 7.65. The molecule has 168 valence electrons. The first kappa shape index (κ1) is 21.3. The van der Waals surface area contributed by atoms with E-state index in [0.717, 1.165) is 16.3 Å². The topological polar surface area (TPSA) is 73.6 Å². The molecule has 0 aliphatic carbocycles. The average molecular weight is 450 g/mol. The number of hydrogen-bond acceptors (Lipinski definition) is 5. The molecule has 6 heteroatoms. The molecule has 1 heterocycles. The van der Waals surface area contributed by atoms with Crippen LogP contribution >= 0.6 is 0 Å². The molecule has 0 aliphatic rings. The van der Waals surface area contributed by atoms with Gasteiger partial charge in [-0.15, -0.1) is 0 Å². The van der Waals surface area contributed by atoms with E-state index in [1.807, 2.05) is 78.9 Å². The number of carbonyl (C=O) groups excluding carboxylic acids is 1. The summed E-state index contributed by atoms with van der Waals surface area (Å²) in [4.78, 5) is 17.8. The lowest BCUT2D eigenvalue weighted by molar-refractivity contribution is 0.102. The molecule has 0 atom stereocenters. The zero-order valence-electron chi connectivity index (χ0n) is 18.5. The Morgan fingerprint density at radius 1 is 0.882 bits per heavy atom. The van der Waals surface area contributed by atoms with Gasteiger partial charge < -0.3 is 19.2 Å². The highest BCUT2D eigenvalue weighted by atomic mass is 16.5. The monoisotopic (exact) mass is 450 g/mol. The van der Waals surface area contributed by atoms with E-state index in [9.17, 15) is 4.79 Å². The van der Waals surface area contributed by atoms with Crippen molar-refractivity contribution < 1.29 is 18.7 Å². The first-order valence-electron chi connectivity index (χ1n) is 10.8. The summed E-state index contributed by atoms with van der Waals surface area (Å²) in [5.41, 5.74) is 2.51. The minimum absolute atomic E-state index is 0.156. The molecule has 5 aromatic rings. The van der Waals surface area contributed by atoms with Gasteiger partial charge in [0.1, 0.15) is 30.1 Å². The molecule has 34 heavy (non-hydrogen) atoms. The molecule has 0 saturated carbocycles. The standard InChI is InChI=1S/C28H22N2O4/c1-32-25-14-8-7-13-24(25)30-27(31)23-15-20-11-5-6-12-21(20)16-26(23)33-17-22-18-34-28(29-22)19-9-3-2-4-10-19/h2-16,18H,17H2,1H3,(H,30,31). The third kappa shape index (κ3) is 4.47. The molecule has 1 N–H and O–H groups in total. The molecule has 0 aliphatic heterocycles. The van der Waals surface area contributed by atoms with Crippen molar-refractivity contribution in [1.29, 1.82) is 0 Å². The highest BCUT2D eigenvalue weighted by molar-refractivity contribution is 6.09. The van der Waals surface area contributed by atoms with Crippen LogP contribution in [0.25, 0.3) is 22.2 Å². The molecule has 0 spiro atoms. The van der Waals surface area contributed by atoms with Gasteiger partial charge in [0.2, 0.25) is 5.89 Å². The maximum Gasteiger partial charge on any atom is 0.259 e. The molecule has 6 nitrogen and oxygen atoms in total. The summed E-state index contributed by atoms with van der Waals surface area (Å²) >= 11 is 0. The Hall–Kier alpha value is -4.58. The lowest BCUT2D eigenvalue weighted by Gasteiger charge is -2.14. The molecular formula is C28H22N2O4. The van der Waals surface area contributed by atoms with E-state index in [-0.39, 0.29) is 12.5 Å². The van der Waals surface area contributed by atoms with Crippen molar-refractivity contribution in [3.63, 3.8) is 0 Å². The number of nitrogens with zero attached hydrogens (tertiary/aromatic N) is 1. The minimum atomic E-state index is -0.296. The van der Waals surface area contributed by atoms with E-state index in [1.165, 1.54) is 0 Å². The molecule has 0 bridgehead atoms. The maximum absolute atomic E-state index is 13.3. The third-order valence-electron chi connectivity index (χ3n) is 5.40. The molecule has 0 unspecified atom stereocenters. The number of aromatic nitrogens is 1. The number of hydrogen-bond donors (Lipinski definition) is 1. The van der Waals surface area contributed by atoms with Crippen molar-refractivity contribution in [2.75, 3.05) is 12.4 Å².